The Hall–Kier alpha value is -0.810. The van der Waals surface area contributed by atoms with E-state index in [9.17, 15) is 4.79 Å². The van der Waals surface area contributed by atoms with Gasteiger partial charge < -0.3 is 15.0 Å². The van der Waals surface area contributed by atoms with E-state index in [1.807, 2.05) is 12.1 Å². The van der Waals surface area contributed by atoms with E-state index in [-0.39, 0.29) is 11.9 Å². The summed E-state index contributed by atoms with van der Waals surface area (Å²) in [6.45, 7) is 2.18. The number of hydrogen-bond donors (Lipinski definition) is 1. The number of carbonyl (C=O) groups excluding carboxylic acids is 1. The predicted molar refractivity (Wildman–Crippen MR) is 75.5 cm³/mol. The third kappa shape index (κ3) is 3.60. The number of halogens is 2. The molecule has 1 aliphatic heterocycles. The molecule has 6 heteroatoms. The molecule has 104 valence electrons. The van der Waals surface area contributed by atoms with Crippen molar-refractivity contribution >= 4 is 29.1 Å². The third-order valence-electron chi connectivity index (χ3n) is 3.04. The largest absolute Gasteiger partial charge is 0.378 e. The van der Waals surface area contributed by atoms with E-state index in [2.05, 4.69) is 5.32 Å². The molecule has 0 bridgehead atoms. The fourth-order valence-corrected chi connectivity index (χ4v) is 2.37. The number of nitrogens with zero attached hydrogens (tertiary/aromatic N) is 1. The maximum absolute atomic E-state index is 12.2. The van der Waals surface area contributed by atoms with Crippen molar-refractivity contribution in [1.29, 1.82) is 0 Å². The molecule has 4 nitrogen and oxygen atoms in total. The standard InChI is InChI=1S/C13H16Cl2N2O2/c1-17(13(18)11-8-19-6-5-16-11)7-9-3-2-4-10(14)12(9)15/h2-4,11,16H,5-8H2,1H3. The lowest BCUT2D eigenvalue weighted by atomic mass is 10.2. The van der Waals surface area contributed by atoms with Gasteiger partial charge in [-0.15, -0.1) is 0 Å². The van der Waals surface area contributed by atoms with Crippen molar-refractivity contribution in [2.24, 2.45) is 0 Å². The summed E-state index contributed by atoms with van der Waals surface area (Å²) in [6.07, 6.45) is 0. The minimum absolute atomic E-state index is 0.00394. The Morgan fingerprint density at radius 1 is 1.53 bits per heavy atom. The summed E-state index contributed by atoms with van der Waals surface area (Å²) in [7, 11) is 1.75. The quantitative estimate of drug-likeness (QED) is 0.928. The zero-order valence-corrected chi connectivity index (χ0v) is 12.2. The molecule has 1 unspecified atom stereocenters. The van der Waals surface area contributed by atoms with E-state index in [0.29, 0.717) is 36.3 Å². The van der Waals surface area contributed by atoms with E-state index in [1.54, 1.807) is 18.0 Å². The van der Waals surface area contributed by atoms with Gasteiger partial charge in [0.1, 0.15) is 6.04 Å². The third-order valence-corrected chi connectivity index (χ3v) is 3.89. The monoisotopic (exact) mass is 302 g/mol. The van der Waals surface area contributed by atoms with E-state index in [1.165, 1.54) is 0 Å². The van der Waals surface area contributed by atoms with Crippen molar-refractivity contribution in [3.05, 3.63) is 33.8 Å². The number of ether oxygens (including phenoxy) is 1. The molecule has 1 aromatic carbocycles. The van der Waals surface area contributed by atoms with Gasteiger partial charge in [-0.3, -0.25) is 4.79 Å². The molecule has 0 aliphatic carbocycles. The van der Waals surface area contributed by atoms with Crippen molar-refractivity contribution in [1.82, 2.24) is 10.2 Å². The lowest BCUT2D eigenvalue weighted by molar-refractivity contribution is -0.135. The Morgan fingerprint density at radius 3 is 3.00 bits per heavy atom. The molecule has 1 amide bonds. The molecule has 1 aliphatic rings. The molecule has 0 radical (unpaired) electrons. The van der Waals surface area contributed by atoms with Gasteiger partial charge in [-0.25, -0.2) is 0 Å². The lowest BCUT2D eigenvalue weighted by Gasteiger charge is -2.27. The molecule has 1 N–H and O–H groups in total. The maximum Gasteiger partial charge on any atom is 0.242 e. The summed E-state index contributed by atoms with van der Waals surface area (Å²) in [5.74, 6) is -0.00394. The van der Waals surface area contributed by atoms with Crippen molar-refractivity contribution in [3.63, 3.8) is 0 Å². The molecule has 0 saturated carbocycles. The van der Waals surface area contributed by atoms with Crippen LogP contribution in [0.15, 0.2) is 18.2 Å². The highest BCUT2D eigenvalue weighted by molar-refractivity contribution is 6.42. The van der Waals surface area contributed by atoms with Crippen LogP contribution in [0.1, 0.15) is 5.56 Å². The van der Waals surface area contributed by atoms with Crippen LogP contribution < -0.4 is 5.32 Å². The summed E-state index contributed by atoms with van der Waals surface area (Å²) < 4.78 is 5.29. The number of rotatable bonds is 3. The van der Waals surface area contributed by atoms with Crippen LogP contribution in [0.4, 0.5) is 0 Å². The predicted octanol–water partition coefficient (Wildman–Crippen LogP) is 1.94. The molecule has 1 fully saturated rings. The van der Waals surface area contributed by atoms with Crippen LogP contribution in [0.2, 0.25) is 10.0 Å². The minimum Gasteiger partial charge on any atom is -0.378 e. The van der Waals surface area contributed by atoms with E-state index in [0.717, 1.165) is 5.56 Å². The Kier molecular flexibility index (Phi) is 5.05. The second-order valence-corrected chi connectivity index (χ2v) is 5.27. The van der Waals surface area contributed by atoms with Crippen molar-refractivity contribution in [3.8, 4) is 0 Å². The Morgan fingerprint density at radius 2 is 2.32 bits per heavy atom. The zero-order chi connectivity index (χ0) is 13.8. The molecule has 0 aromatic heterocycles. The van der Waals surface area contributed by atoms with Gasteiger partial charge >= 0.3 is 0 Å². The number of nitrogens with one attached hydrogen (secondary N) is 1. The lowest BCUT2D eigenvalue weighted by Crippen LogP contribution is -2.51. The van der Waals surface area contributed by atoms with Crippen LogP contribution >= 0.6 is 23.2 Å². The topological polar surface area (TPSA) is 41.6 Å². The van der Waals surface area contributed by atoms with Crippen LogP contribution in [0.25, 0.3) is 0 Å². The molecule has 19 heavy (non-hydrogen) atoms. The van der Waals surface area contributed by atoms with Gasteiger partial charge in [-0.05, 0) is 11.6 Å². The van der Waals surface area contributed by atoms with Gasteiger partial charge in [-0.1, -0.05) is 35.3 Å². The molecule has 2 rings (SSSR count). The highest BCUT2D eigenvalue weighted by Gasteiger charge is 2.24. The number of likely N-dealkylation sites (N-methyl/N-ethyl adjacent to an activating group) is 1. The number of benzene rings is 1. The number of morpholine rings is 1. The van der Waals surface area contributed by atoms with Gasteiger partial charge in [0.25, 0.3) is 0 Å². The second kappa shape index (κ2) is 6.57. The molecular formula is C13H16Cl2N2O2. The van der Waals surface area contributed by atoms with E-state index < -0.39 is 0 Å². The van der Waals surface area contributed by atoms with Crippen molar-refractivity contribution in [2.75, 3.05) is 26.8 Å². The highest BCUT2D eigenvalue weighted by Crippen LogP contribution is 2.26. The van der Waals surface area contributed by atoms with E-state index in [4.69, 9.17) is 27.9 Å². The minimum atomic E-state index is -0.281. The van der Waals surface area contributed by atoms with Crippen LogP contribution in [0, 0.1) is 0 Å². The molecular weight excluding hydrogens is 287 g/mol. The zero-order valence-electron chi connectivity index (χ0n) is 10.7. The van der Waals surface area contributed by atoms with Gasteiger partial charge in [0, 0.05) is 20.1 Å². The number of carbonyl (C=O) groups is 1. The normalized spacial score (nSPS) is 19.2. The number of amides is 1. The molecule has 1 atom stereocenters. The summed E-state index contributed by atoms with van der Waals surface area (Å²) >= 11 is 12.1. The van der Waals surface area contributed by atoms with Crippen LogP contribution in [-0.2, 0) is 16.1 Å². The highest BCUT2D eigenvalue weighted by atomic mass is 35.5. The maximum atomic E-state index is 12.2. The van der Waals surface area contributed by atoms with Crippen molar-refractivity contribution in [2.45, 2.75) is 12.6 Å². The first kappa shape index (κ1) is 14.6. The van der Waals surface area contributed by atoms with Gasteiger partial charge in [0.05, 0.1) is 23.3 Å². The van der Waals surface area contributed by atoms with Crippen LogP contribution in [-0.4, -0.2) is 43.7 Å². The first-order valence-electron chi connectivity index (χ1n) is 6.08. The van der Waals surface area contributed by atoms with Crippen molar-refractivity contribution < 1.29 is 9.53 Å². The fraction of sp³-hybridized carbons (Fsp3) is 0.462. The average Bonchev–Trinajstić information content (AvgIpc) is 2.44. The number of hydrogen-bond acceptors (Lipinski definition) is 3. The molecule has 0 spiro atoms. The van der Waals surface area contributed by atoms with Gasteiger partial charge in [0.15, 0.2) is 0 Å². The van der Waals surface area contributed by atoms with Crippen LogP contribution in [0.5, 0.6) is 0 Å². The second-order valence-electron chi connectivity index (χ2n) is 4.49. The van der Waals surface area contributed by atoms with Crippen LogP contribution in [0.3, 0.4) is 0 Å². The summed E-state index contributed by atoms with van der Waals surface area (Å²) in [5.41, 5.74) is 0.835. The molecule has 1 saturated heterocycles. The Balaban J connectivity index is 2.01. The first-order chi connectivity index (χ1) is 9.09. The first-order valence-corrected chi connectivity index (χ1v) is 6.84. The summed E-state index contributed by atoms with van der Waals surface area (Å²) in [6, 6.07) is 5.13. The Bertz CT molecular complexity index is 462. The van der Waals surface area contributed by atoms with E-state index >= 15 is 0 Å². The van der Waals surface area contributed by atoms with Gasteiger partial charge in [-0.2, -0.15) is 0 Å². The SMILES string of the molecule is CN(Cc1cccc(Cl)c1Cl)C(=O)C1COCCN1. The summed E-state index contributed by atoms with van der Waals surface area (Å²) in [4.78, 5) is 13.8. The fourth-order valence-electron chi connectivity index (χ4n) is 1.99. The van der Waals surface area contributed by atoms with Gasteiger partial charge in [0.2, 0.25) is 5.91 Å². The Labute approximate surface area is 122 Å². The molecule has 1 aromatic rings. The smallest absolute Gasteiger partial charge is 0.242 e. The average molecular weight is 303 g/mol. The summed E-state index contributed by atoms with van der Waals surface area (Å²) in [5, 5.41) is 4.13. The molecule has 1 heterocycles.